The second kappa shape index (κ2) is 12.6. The molecule has 3 rings (SSSR count). The van der Waals surface area contributed by atoms with Gasteiger partial charge >= 0.3 is 5.97 Å². The van der Waals surface area contributed by atoms with E-state index in [-0.39, 0.29) is 17.9 Å². The Bertz CT molecular complexity index is 1320. The third-order valence-electron chi connectivity index (χ3n) is 5.96. The number of hydrogen-bond acceptors (Lipinski definition) is 8. The molecule has 0 bridgehead atoms. The van der Waals surface area contributed by atoms with E-state index in [2.05, 4.69) is 35.0 Å². The molecule has 0 aliphatic carbocycles. The number of anilines is 1. The van der Waals surface area contributed by atoms with Crippen molar-refractivity contribution in [2.45, 2.75) is 52.3 Å². The number of carbonyl (C=O) groups is 1. The lowest BCUT2D eigenvalue weighted by atomic mass is 10.1. The lowest BCUT2D eigenvalue weighted by Crippen LogP contribution is -2.23. The molecule has 1 aromatic carbocycles. The molecular weight excluding hydrogens is 508 g/mol. The molecule has 0 atom stereocenters. The molecule has 0 spiro atoms. The van der Waals surface area contributed by atoms with Gasteiger partial charge in [-0.15, -0.1) is 11.8 Å². The van der Waals surface area contributed by atoms with Crippen LogP contribution in [0.3, 0.4) is 0 Å². The first-order valence-electron chi connectivity index (χ1n) is 12.4. The molecule has 2 heterocycles. The van der Waals surface area contributed by atoms with E-state index in [9.17, 15) is 9.59 Å². The van der Waals surface area contributed by atoms with Crippen LogP contribution in [0.1, 0.15) is 18.9 Å². The molecule has 0 aliphatic heterocycles. The number of methoxy groups -OCH3 is 1. The Morgan fingerprint density at radius 3 is 2.68 bits per heavy atom. The molecule has 202 valence electrons. The number of aromatic nitrogens is 4. The smallest absolute Gasteiger partial charge is 0.312 e. The van der Waals surface area contributed by atoms with Crippen LogP contribution in [0.25, 0.3) is 10.9 Å². The molecule has 0 radical (unpaired) electrons. The SMILES string of the molecule is CCS/C(CC(=O)OC)=N\c1c(NC)c(=O)n(Cc2cccc3c2cnn3COCC[Si](C)(C)C)n1C. The summed E-state index contributed by atoms with van der Waals surface area (Å²) in [4.78, 5) is 29.9. The standard InChI is InChI=1S/C25H38N6O4SSi/c1-8-36-21(14-22(32)34-4)28-24-23(26-2)25(33)31(29(24)3)16-18-10-9-11-20-19(18)15-27-30(20)17-35-12-13-37(5,6)7/h9-11,15,26H,8,12-14,16-17H2,1-7H3/b28-21-. The van der Waals surface area contributed by atoms with Crippen molar-refractivity contribution in [2.75, 3.05) is 31.8 Å². The summed E-state index contributed by atoms with van der Waals surface area (Å²) in [7, 11) is 3.69. The highest BCUT2D eigenvalue weighted by Crippen LogP contribution is 2.26. The fraction of sp³-hybridized carbons (Fsp3) is 0.520. The molecule has 0 amide bonds. The van der Waals surface area contributed by atoms with Crippen LogP contribution in [0.4, 0.5) is 11.5 Å². The number of fused-ring (bicyclic) bond motifs is 1. The van der Waals surface area contributed by atoms with Gasteiger partial charge in [0, 0.05) is 34.2 Å². The van der Waals surface area contributed by atoms with E-state index in [1.807, 2.05) is 36.0 Å². The number of hydrogen-bond donors (Lipinski definition) is 1. The summed E-state index contributed by atoms with van der Waals surface area (Å²) < 4.78 is 15.9. The Labute approximate surface area is 223 Å². The Kier molecular flexibility index (Phi) is 9.79. The van der Waals surface area contributed by atoms with Crippen molar-refractivity contribution in [3.63, 3.8) is 0 Å². The molecule has 2 aromatic heterocycles. The zero-order valence-corrected chi connectivity index (χ0v) is 24.6. The van der Waals surface area contributed by atoms with Gasteiger partial charge < -0.3 is 14.8 Å². The molecule has 0 aliphatic rings. The lowest BCUT2D eigenvalue weighted by Gasteiger charge is -2.15. The second-order valence-corrected chi connectivity index (χ2v) is 16.8. The summed E-state index contributed by atoms with van der Waals surface area (Å²) in [6.07, 6.45) is 1.88. The molecule has 3 aromatic rings. The van der Waals surface area contributed by atoms with E-state index in [1.165, 1.54) is 18.9 Å². The van der Waals surface area contributed by atoms with Crippen LogP contribution in [0, 0.1) is 0 Å². The average molecular weight is 547 g/mol. The van der Waals surface area contributed by atoms with Crippen molar-refractivity contribution in [2.24, 2.45) is 12.0 Å². The Morgan fingerprint density at radius 1 is 1.27 bits per heavy atom. The third kappa shape index (κ3) is 7.14. The highest BCUT2D eigenvalue weighted by molar-refractivity contribution is 8.14. The molecule has 1 N–H and O–H groups in total. The third-order valence-corrected chi connectivity index (χ3v) is 8.52. The average Bonchev–Trinajstić information content (AvgIpc) is 3.36. The summed E-state index contributed by atoms with van der Waals surface area (Å²) in [6, 6.07) is 7.08. The van der Waals surface area contributed by atoms with E-state index in [0.717, 1.165) is 34.9 Å². The van der Waals surface area contributed by atoms with Crippen molar-refractivity contribution in [3.8, 4) is 0 Å². The van der Waals surface area contributed by atoms with Crippen LogP contribution in [0.5, 0.6) is 0 Å². The number of aliphatic imine (C=N–C) groups is 1. The van der Waals surface area contributed by atoms with Crippen molar-refractivity contribution in [3.05, 3.63) is 40.3 Å². The zero-order chi connectivity index (χ0) is 27.2. The van der Waals surface area contributed by atoms with E-state index in [0.29, 0.717) is 29.8 Å². The molecule has 0 unspecified atom stereocenters. The number of esters is 1. The van der Waals surface area contributed by atoms with Gasteiger partial charge in [0.05, 0.1) is 36.8 Å². The zero-order valence-electron chi connectivity index (χ0n) is 22.8. The van der Waals surface area contributed by atoms with Gasteiger partial charge in [-0.1, -0.05) is 38.7 Å². The maximum Gasteiger partial charge on any atom is 0.312 e. The molecular formula is C25H38N6O4SSi. The second-order valence-electron chi connectivity index (χ2n) is 9.87. The fourth-order valence-corrected chi connectivity index (χ4v) is 5.32. The van der Waals surface area contributed by atoms with Crippen molar-refractivity contribution in [1.29, 1.82) is 0 Å². The fourth-order valence-electron chi connectivity index (χ4n) is 3.86. The minimum atomic E-state index is -1.16. The van der Waals surface area contributed by atoms with E-state index >= 15 is 0 Å². The minimum Gasteiger partial charge on any atom is -0.469 e. The van der Waals surface area contributed by atoms with Crippen molar-refractivity contribution < 1.29 is 14.3 Å². The summed E-state index contributed by atoms with van der Waals surface area (Å²) in [5.41, 5.74) is 2.10. The Morgan fingerprint density at radius 2 is 2.03 bits per heavy atom. The largest absolute Gasteiger partial charge is 0.469 e. The number of thioether (sulfide) groups is 1. The monoisotopic (exact) mass is 546 g/mol. The van der Waals surface area contributed by atoms with Crippen LogP contribution >= 0.6 is 11.8 Å². The van der Waals surface area contributed by atoms with E-state index < -0.39 is 8.07 Å². The van der Waals surface area contributed by atoms with Gasteiger partial charge in [0.1, 0.15) is 12.4 Å². The number of nitrogens with one attached hydrogen (secondary N) is 1. The Balaban J connectivity index is 1.91. The summed E-state index contributed by atoms with van der Waals surface area (Å²) in [6.45, 7) is 10.4. The van der Waals surface area contributed by atoms with Crippen LogP contribution in [0.15, 0.2) is 34.2 Å². The number of carbonyl (C=O) groups excluding carboxylic acids is 1. The molecule has 0 saturated carbocycles. The minimum absolute atomic E-state index is 0.0516. The highest BCUT2D eigenvalue weighted by Gasteiger charge is 2.20. The number of nitrogens with zero attached hydrogens (tertiary/aromatic N) is 5. The number of ether oxygens (including phenoxy) is 2. The van der Waals surface area contributed by atoms with Crippen LogP contribution in [-0.4, -0.2) is 64.7 Å². The van der Waals surface area contributed by atoms with Gasteiger partial charge in [-0.3, -0.25) is 14.3 Å². The van der Waals surface area contributed by atoms with Gasteiger partial charge in [0.15, 0.2) is 5.82 Å². The van der Waals surface area contributed by atoms with Crippen LogP contribution < -0.4 is 10.9 Å². The first-order valence-corrected chi connectivity index (χ1v) is 17.0. The predicted octanol–water partition coefficient (Wildman–Crippen LogP) is 4.29. The predicted molar refractivity (Wildman–Crippen MR) is 154 cm³/mol. The van der Waals surface area contributed by atoms with Crippen molar-refractivity contribution >= 4 is 53.3 Å². The van der Waals surface area contributed by atoms with Crippen LogP contribution in [-0.2, 0) is 34.6 Å². The Hall–Kier alpha value is -2.83. The quantitative estimate of drug-likeness (QED) is 0.119. The van der Waals surface area contributed by atoms with Gasteiger partial charge in [0.25, 0.3) is 5.56 Å². The normalized spacial score (nSPS) is 12.4. The summed E-state index contributed by atoms with van der Waals surface area (Å²) in [5.74, 6) is 0.835. The van der Waals surface area contributed by atoms with E-state index in [4.69, 9.17) is 9.47 Å². The van der Waals surface area contributed by atoms with Gasteiger partial charge in [0.2, 0.25) is 0 Å². The first kappa shape index (κ1) is 28.7. The lowest BCUT2D eigenvalue weighted by molar-refractivity contribution is -0.139. The molecule has 12 heteroatoms. The topological polar surface area (TPSA) is 105 Å². The summed E-state index contributed by atoms with van der Waals surface area (Å²) >= 11 is 1.45. The van der Waals surface area contributed by atoms with Gasteiger partial charge in [-0.05, 0) is 23.4 Å². The summed E-state index contributed by atoms with van der Waals surface area (Å²) in [5, 5.41) is 9.09. The molecule has 0 saturated heterocycles. The maximum atomic E-state index is 13.3. The van der Waals surface area contributed by atoms with Crippen LogP contribution in [0.2, 0.25) is 25.7 Å². The van der Waals surface area contributed by atoms with Crippen molar-refractivity contribution in [1.82, 2.24) is 19.1 Å². The first-order chi connectivity index (χ1) is 17.6. The number of rotatable bonds is 12. The van der Waals surface area contributed by atoms with Gasteiger partial charge in [-0.25, -0.2) is 14.4 Å². The van der Waals surface area contributed by atoms with Gasteiger partial charge in [-0.2, -0.15) is 5.10 Å². The molecule has 10 nitrogen and oxygen atoms in total. The highest BCUT2D eigenvalue weighted by atomic mass is 32.2. The van der Waals surface area contributed by atoms with E-state index in [1.54, 1.807) is 23.5 Å². The molecule has 37 heavy (non-hydrogen) atoms. The maximum absolute atomic E-state index is 13.3. The molecule has 0 fully saturated rings. The number of benzene rings is 1.